The Balaban J connectivity index is 1.68. The molecule has 0 aliphatic carbocycles. The Morgan fingerprint density at radius 3 is 2.52 bits per heavy atom. The normalized spacial score (nSPS) is 11.6. The summed E-state index contributed by atoms with van der Waals surface area (Å²) in [7, 11) is -3.83. The number of hydrogen-bond donors (Lipinski definition) is 1. The molecule has 136 valence electrons. The summed E-state index contributed by atoms with van der Waals surface area (Å²) >= 11 is 13.3. The number of fused-ring (bicyclic) bond motifs is 1. The second-order valence-corrected chi connectivity index (χ2v) is 9.24. The molecule has 0 radical (unpaired) electrons. The van der Waals surface area contributed by atoms with Crippen molar-refractivity contribution in [3.63, 3.8) is 0 Å². The minimum atomic E-state index is -3.83. The van der Waals surface area contributed by atoms with E-state index < -0.39 is 10.0 Å². The van der Waals surface area contributed by atoms with Crippen LogP contribution in [-0.2, 0) is 10.0 Å². The largest absolute Gasteiger partial charge is 0.280 e. The molecule has 0 saturated heterocycles. The standard InChI is InChI=1S/C18H11Cl2N3O2S2/c19-12-7-13(20)9-15(8-12)27(24,25)23-14-3-1-2-11(6-14)18-22-16-4-5-21-10-17(16)26-18/h1-10,23H. The second-order valence-electron chi connectivity index (χ2n) is 5.65. The van der Waals surface area contributed by atoms with Crippen LogP contribution in [0.2, 0.25) is 10.0 Å². The van der Waals surface area contributed by atoms with E-state index in [2.05, 4.69) is 14.7 Å². The van der Waals surface area contributed by atoms with Crippen molar-refractivity contribution in [2.75, 3.05) is 4.72 Å². The zero-order chi connectivity index (χ0) is 19.0. The SMILES string of the molecule is O=S(=O)(Nc1cccc(-c2nc3ccncc3s2)c1)c1cc(Cl)cc(Cl)c1. The van der Waals surface area contributed by atoms with Crippen LogP contribution in [0.4, 0.5) is 5.69 Å². The highest BCUT2D eigenvalue weighted by Crippen LogP contribution is 2.31. The van der Waals surface area contributed by atoms with E-state index in [1.54, 1.807) is 30.6 Å². The maximum atomic E-state index is 12.6. The van der Waals surface area contributed by atoms with Crippen LogP contribution in [0.25, 0.3) is 20.8 Å². The summed E-state index contributed by atoms with van der Waals surface area (Å²) in [6, 6.07) is 13.1. The number of sulfonamides is 1. The molecule has 4 aromatic rings. The lowest BCUT2D eigenvalue weighted by Gasteiger charge is -2.10. The van der Waals surface area contributed by atoms with Crippen LogP contribution in [0.15, 0.2) is 65.8 Å². The minimum absolute atomic E-state index is 0.00327. The summed E-state index contributed by atoms with van der Waals surface area (Å²) in [4.78, 5) is 8.66. The molecule has 0 fully saturated rings. The smallest absolute Gasteiger partial charge is 0.261 e. The number of aromatic nitrogens is 2. The lowest BCUT2D eigenvalue weighted by atomic mass is 10.2. The average Bonchev–Trinajstić information content (AvgIpc) is 3.05. The highest BCUT2D eigenvalue weighted by Gasteiger charge is 2.16. The first kappa shape index (κ1) is 18.2. The van der Waals surface area contributed by atoms with Gasteiger partial charge in [0.05, 0.1) is 15.1 Å². The molecule has 9 heteroatoms. The molecule has 0 amide bonds. The fourth-order valence-corrected chi connectivity index (χ4v) is 5.22. The maximum absolute atomic E-state index is 12.6. The molecule has 0 atom stereocenters. The van der Waals surface area contributed by atoms with Gasteiger partial charge in [0.15, 0.2) is 0 Å². The minimum Gasteiger partial charge on any atom is -0.280 e. The van der Waals surface area contributed by atoms with Gasteiger partial charge in [-0.1, -0.05) is 35.3 Å². The molecule has 5 nitrogen and oxygen atoms in total. The number of nitrogens with zero attached hydrogens (tertiary/aromatic N) is 2. The summed E-state index contributed by atoms with van der Waals surface area (Å²) in [5.74, 6) is 0. The summed E-state index contributed by atoms with van der Waals surface area (Å²) in [5.41, 5.74) is 2.08. The van der Waals surface area contributed by atoms with Crippen molar-refractivity contribution < 1.29 is 8.42 Å². The first-order chi connectivity index (χ1) is 12.9. The number of hydrogen-bond acceptors (Lipinski definition) is 5. The van der Waals surface area contributed by atoms with Crippen molar-refractivity contribution in [3.8, 4) is 10.6 Å². The van der Waals surface area contributed by atoms with Gasteiger partial charge in [0.25, 0.3) is 10.0 Å². The van der Waals surface area contributed by atoms with Gasteiger partial charge < -0.3 is 0 Å². The zero-order valence-corrected chi connectivity index (χ0v) is 16.7. The Morgan fingerprint density at radius 2 is 1.78 bits per heavy atom. The summed E-state index contributed by atoms with van der Waals surface area (Å²) in [5, 5.41) is 1.28. The Bertz CT molecular complexity index is 1200. The number of benzene rings is 2. The Kier molecular flexibility index (Phi) is 4.77. The van der Waals surface area contributed by atoms with Crippen LogP contribution in [0.5, 0.6) is 0 Å². The first-order valence-corrected chi connectivity index (χ1v) is 10.8. The van der Waals surface area contributed by atoms with Crippen LogP contribution >= 0.6 is 34.5 Å². The van der Waals surface area contributed by atoms with E-state index in [0.717, 1.165) is 20.8 Å². The number of nitrogens with one attached hydrogen (secondary N) is 1. The van der Waals surface area contributed by atoms with Crippen molar-refractivity contribution in [1.82, 2.24) is 9.97 Å². The first-order valence-electron chi connectivity index (χ1n) is 7.71. The highest BCUT2D eigenvalue weighted by molar-refractivity contribution is 7.92. The molecule has 2 aromatic heterocycles. The van der Waals surface area contributed by atoms with E-state index in [-0.39, 0.29) is 14.9 Å². The van der Waals surface area contributed by atoms with E-state index >= 15 is 0 Å². The van der Waals surface area contributed by atoms with Crippen LogP contribution in [0.1, 0.15) is 0 Å². The third-order valence-electron chi connectivity index (χ3n) is 3.70. The Labute approximate surface area is 169 Å². The van der Waals surface area contributed by atoms with Crippen LogP contribution in [-0.4, -0.2) is 18.4 Å². The molecule has 0 bridgehead atoms. The highest BCUT2D eigenvalue weighted by atomic mass is 35.5. The molecule has 2 aromatic carbocycles. The van der Waals surface area contributed by atoms with E-state index in [1.165, 1.54) is 29.5 Å². The predicted molar refractivity (Wildman–Crippen MR) is 110 cm³/mol. The number of thiazole rings is 1. The van der Waals surface area contributed by atoms with Gasteiger partial charge in [0.2, 0.25) is 0 Å². The van der Waals surface area contributed by atoms with Gasteiger partial charge in [-0.25, -0.2) is 13.4 Å². The molecule has 0 aliphatic rings. The summed E-state index contributed by atoms with van der Waals surface area (Å²) in [6.45, 7) is 0. The van der Waals surface area contributed by atoms with Gasteiger partial charge in [0, 0.05) is 33.7 Å². The van der Waals surface area contributed by atoms with Crippen molar-refractivity contribution in [1.29, 1.82) is 0 Å². The van der Waals surface area contributed by atoms with Crippen LogP contribution in [0, 0.1) is 0 Å². The predicted octanol–water partition coefficient (Wildman–Crippen LogP) is 5.47. The van der Waals surface area contributed by atoms with Gasteiger partial charge in [-0.3, -0.25) is 9.71 Å². The van der Waals surface area contributed by atoms with E-state index in [0.29, 0.717) is 5.69 Å². The fourth-order valence-electron chi connectivity index (χ4n) is 2.52. The summed E-state index contributed by atoms with van der Waals surface area (Å²) in [6.07, 6.45) is 3.44. The van der Waals surface area contributed by atoms with Crippen LogP contribution < -0.4 is 4.72 Å². The van der Waals surface area contributed by atoms with Gasteiger partial charge in [-0.05, 0) is 36.4 Å². The average molecular weight is 436 g/mol. The molecule has 1 N–H and O–H groups in total. The summed E-state index contributed by atoms with van der Waals surface area (Å²) < 4.78 is 28.8. The molecule has 0 aliphatic heterocycles. The van der Waals surface area contributed by atoms with Crippen molar-refractivity contribution >= 4 is 60.5 Å². The van der Waals surface area contributed by atoms with Gasteiger partial charge in [0.1, 0.15) is 5.01 Å². The third-order valence-corrected chi connectivity index (χ3v) is 6.55. The number of anilines is 1. The van der Waals surface area contributed by atoms with E-state index in [9.17, 15) is 8.42 Å². The van der Waals surface area contributed by atoms with Crippen molar-refractivity contribution in [2.24, 2.45) is 0 Å². The van der Waals surface area contributed by atoms with E-state index in [1.807, 2.05) is 12.1 Å². The number of pyridine rings is 1. The van der Waals surface area contributed by atoms with Gasteiger partial charge in [-0.15, -0.1) is 11.3 Å². The Morgan fingerprint density at radius 1 is 1.00 bits per heavy atom. The molecular formula is C18H11Cl2N3O2S2. The molecule has 27 heavy (non-hydrogen) atoms. The zero-order valence-electron chi connectivity index (χ0n) is 13.6. The Hall–Kier alpha value is -2.19. The second kappa shape index (κ2) is 7.09. The lowest BCUT2D eigenvalue weighted by Crippen LogP contribution is -2.13. The topological polar surface area (TPSA) is 72.0 Å². The molecular weight excluding hydrogens is 425 g/mol. The fraction of sp³-hybridized carbons (Fsp3) is 0. The molecule has 2 heterocycles. The monoisotopic (exact) mass is 435 g/mol. The molecule has 0 spiro atoms. The quantitative estimate of drug-likeness (QED) is 0.461. The molecule has 4 rings (SSSR count). The maximum Gasteiger partial charge on any atom is 0.261 e. The van der Waals surface area contributed by atoms with Crippen molar-refractivity contribution in [3.05, 3.63) is 71.0 Å². The molecule has 0 saturated carbocycles. The van der Waals surface area contributed by atoms with E-state index in [4.69, 9.17) is 23.2 Å². The third kappa shape index (κ3) is 3.91. The van der Waals surface area contributed by atoms with Gasteiger partial charge >= 0.3 is 0 Å². The number of halogens is 2. The molecule has 0 unspecified atom stereocenters. The van der Waals surface area contributed by atoms with Crippen LogP contribution in [0.3, 0.4) is 0 Å². The lowest BCUT2D eigenvalue weighted by molar-refractivity contribution is 0.601. The number of rotatable bonds is 4. The van der Waals surface area contributed by atoms with Crippen molar-refractivity contribution in [2.45, 2.75) is 4.90 Å². The van der Waals surface area contributed by atoms with Gasteiger partial charge in [-0.2, -0.15) is 0 Å².